The first-order chi connectivity index (χ1) is 11.7. The van der Waals surface area contributed by atoms with Crippen molar-refractivity contribution < 1.29 is 4.79 Å². The first kappa shape index (κ1) is 15.8. The van der Waals surface area contributed by atoms with Crippen LogP contribution in [0.5, 0.6) is 0 Å². The minimum Gasteiger partial charge on any atom is -0.356 e. The number of hydrogen-bond acceptors (Lipinski definition) is 5. The highest BCUT2D eigenvalue weighted by Crippen LogP contribution is 2.32. The van der Waals surface area contributed by atoms with E-state index in [0.717, 1.165) is 55.1 Å². The second kappa shape index (κ2) is 6.67. The third-order valence-corrected chi connectivity index (χ3v) is 6.20. The minimum atomic E-state index is 0.195. The van der Waals surface area contributed by atoms with Gasteiger partial charge in [0.05, 0.1) is 5.39 Å². The Balaban J connectivity index is 1.44. The fourth-order valence-corrected chi connectivity index (χ4v) is 4.77. The van der Waals surface area contributed by atoms with Gasteiger partial charge in [-0.25, -0.2) is 9.97 Å². The molecule has 0 atom stereocenters. The molecule has 2 aromatic rings. The number of aryl methyl sites for hydroxylation is 1. The number of piperidine rings is 2. The van der Waals surface area contributed by atoms with E-state index in [1.165, 1.54) is 24.1 Å². The molecule has 2 saturated heterocycles. The molecule has 0 spiro atoms. The lowest BCUT2D eigenvalue weighted by Gasteiger charge is -2.36. The average Bonchev–Trinajstić information content (AvgIpc) is 3.02. The van der Waals surface area contributed by atoms with Crippen molar-refractivity contribution in [1.82, 2.24) is 14.9 Å². The van der Waals surface area contributed by atoms with Crippen LogP contribution < -0.4 is 4.90 Å². The van der Waals surface area contributed by atoms with Crippen molar-refractivity contribution >= 4 is 33.3 Å². The summed E-state index contributed by atoms with van der Waals surface area (Å²) in [7, 11) is 0. The predicted octanol–water partition coefficient (Wildman–Crippen LogP) is 3.23. The molecule has 0 aromatic carbocycles. The number of thiophene rings is 1. The van der Waals surface area contributed by atoms with Gasteiger partial charge >= 0.3 is 0 Å². The van der Waals surface area contributed by atoms with Crippen LogP contribution in [0.15, 0.2) is 12.4 Å². The zero-order valence-corrected chi connectivity index (χ0v) is 15.0. The molecule has 2 fully saturated rings. The van der Waals surface area contributed by atoms with E-state index >= 15 is 0 Å². The Morgan fingerprint density at radius 3 is 2.62 bits per heavy atom. The quantitative estimate of drug-likeness (QED) is 0.839. The molecule has 0 radical (unpaired) electrons. The van der Waals surface area contributed by atoms with Crippen LogP contribution in [0.2, 0.25) is 0 Å². The van der Waals surface area contributed by atoms with E-state index in [9.17, 15) is 4.79 Å². The standard InChI is InChI=1S/C18H24N4OS/c1-13-11-15-16(19-12-20-17(15)24-13)21-9-5-14(6-10-21)18(23)22-7-3-2-4-8-22/h11-12,14H,2-10H2,1H3. The van der Waals surface area contributed by atoms with Crippen molar-refractivity contribution in [1.29, 1.82) is 0 Å². The molecule has 2 aliphatic rings. The van der Waals surface area contributed by atoms with Gasteiger partial charge in [-0.1, -0.05) is 0 Å². The van der Waals surface area contributed by atoms with E-state index in [2.05, 4.69) is 32.8 Å². The maximum absolute atomic E-state index is 12.7. The monoisotopic (exact) mass is 344 g/mol. The Bertz CT molecular complexity index is 730. The predicted molar refractivity (Wildman–Crippen MR) is 97.5 cm³/mol. The van der Waals surface area contributed by atoms with Crippen molar-refractivity contribution in [3.05, 3.63) is 17.3 Å². The van der Waals surface area contributed by atoms with Crippen LogP contribution in [-0.2, 0) is 4.79 Å². The van der Waals surface area contributed by atoms with Gasteiger partial charge in [0, 0.05) is 37.0 Å². The highest BCUT2D eigenvalue weighted by molar-refractivity contribution is 7.18. The fraction of sp³-hybridized carbons (Fsp3) is 0.611. The van der Waals surface area contributed by atoms with Crippen LogP contribution >= 0.6 is 11.3 Å². The van der Waals surface area contributed by atoms with E-state index < -0.39 is 0 Å². The van der Waals surface area contributed by atoms with Crippen LogP contribution in [0.25, 0.3) is 10.2 Å². The molecular weight excluding hydrogens is 320 g/mol. The van der Waals surface area contributed by atoms with Crippen molar-refractivity contribution in [2.45, 2.75) is 39.0 Å². The summed E-state index contributed by atoms with van der Waals surface area (Å²) in [6.45, 7) is 5.84. The molecule has 0 aliphatic carbocycles. The molecule has 6 heteroatoms. The number of likely N-dealkylation sites (tertiary alicyclic amines) is 1. The SMILES string of the molecule is Cc1cc2c(N3CCC(C(=O)N4CCCCC4)CC3)ncnc2s1. The first-order valence-corrected chi connectivity index (χ1v) is 9.79. The smallest absolute Gasteiger partial charge is 0.225 e. The summed E-state index contributed by atoms with van der Waals surface area (Å²) in [6, 6.07) is 2.18. The van der Waals surface area contributed by atoms with Crippen LogP contribution in [-0.4, -0.2) is 47.0 Å². The number of amides is 1. The van der Waals surface area contributed by atoms with Crippen molar-refractivity contribution in [2.24, 2.45) is 5.92 Å². The van der Waals surface area contributed by atoms with Gasteiger partial charge in [0.15, 0.2) is 0 Å². The van der Waals surface area contributed by atoms with Crippen LogP contribution in [0.1, 0.15) is 37.0 Å². The Morgan fingerprint density at radius 1 is 1.12 bits per heavy atom. The minimum absolute atomic E-state index is 0.195. The molecule has 2 aromatic heterocycles. The lowest BCUT2D eigenvalue weighted by molar-refractivity contribution is -0.137. The molecule has 1 amide bonds. The van der Waals surface area contributed by atoms with E-state index in [-0.39, 0.29) is 5.92 Å². The number of hydrogen-bond donors (Lipinski definition) is 0. The number of carbonyl (C=O) groups is 1. The normalized spacial score (nSPS) is 19.9. The molecule has 4 heterocycles. The number of aromatic nitrogens is 2. The number of rotatable bonds is 2. The number of nitrogens with zero attached hydrogens (tertiary/aromatic N) is 4. The van der Waals surface area contributed by atoms with Gasteiger partial charge in [-0.05, 0) is 45.1 Å². The van der Waals surface area contributed by atoms with E-state index in [1.807, 2.05) is 0 Å². The maximum atomic E-state index is 12.7. The Hall–Kier alpha value is -1.69. The highest BCUT2D eigenvalue weighted by Gasteiger charge is 2.30. The van der Waals surface area contributed by atoms with Crippen molar-refractivity contribution in [3.8, 4) is 0 Å². The third-order valence-electron chi connectivity index (χ3n) is 5.24. The van der Waals surface area contributed by atoms with Gasteiger partial charge in [-0.2, -0.15) is 0 Å². The molecule has 0 unspecified atom stereocenters. The number of carbonyl (C=O) groups excluding carboxylic acids is 1. The summed E-state index contributed by atoms with van der Waals surface area (Å²) >= 11 is 1.72. The Kier molecular flexibility index (Phi) is 4.39. The van der Waals surface area contributed by atoms with E-state index in [4.69, 9.17) is 0 Å². The van der Waals surface area contributed by atoms with Gasteiger partial charge in [-0.3, -0.25) is 4.79 Å². The highest BCUT2D eigenvalue weighted by atomic mass is 32.1. The molecule has 5 nitrogen and oxygen atoms in total. The van der Waals surface area contributed by atoms with Gasteiger partial charge in [-0.15, -0.1) is 11.3 Å². The lowest BCUT2D eigenvalue weighted by atomic mass is 9.94. The summed E-state index contributed by atoms with van der Waals surface area (Å²) in [6.07, 6.45) is 7.14. The van der Waals surface area contributed by atoms with Gasteiger partial charge in [0.25, 0.3) is 0 Å². The van der Waals surface area contributed by atoms with Crippen molar-refractivity contribution in [2.75, 3.05) is 31.1 Å². The molecule has 4 rings (SSSR count). The Morgan fingerprint density at radius 2 is 1.88 bits per heavy atom. The Labute approximate surface area is 146 Å². The molecule has 0 saturated carbocycles. The molecule has 24 heavy (non-hydrogen) atoms. The summed E-state index contributed by atoms with van der Waals surface area (Å²) in [4.78, 5) is 28.4. The van der Waals surface area contributed by atoms with Crippen LogP contribution in [0.4, 0.5) is 5.82 Å². The summed E-state index contributed by atoms with van der Waals surface area (Å²) < 4.78 is 0. The zero-order valence-electron chi connectivity index (χ0n) is 14.2. The second-order valence-corrected chi connectivity index (χ2v) is 8.16. The van der Waals surface area contributed by atoms with Crippen molar-refractivity contribution in [3.63, 3.8) is 0 Å². The number of anilines is 1. The number of fused-ring (bicyclic) bond motifs is 1. The molecule has 0 N–H and O–H groups in total. The van der Waals surface area contributed by atoms with Gasteiger partial charge < -0.3 is 9.80 Å². The lowest BCUT2D eigenvalue weighted by Crippen LogP contribution is -2.44. The van der Waals surface area contributed by atoms with Crippen LogP contribution in [0.3, 0.4) is 0 Å². The van der Waals surface area contributed by atoms with Gasteiger partial charge in [0.2, 0.25) is 5.91 Å². The second-order valence-electron chi connectivity index (χ2n) is 6.92. The summed E-state index contributed by atoms with van der Waals surface area (Å²) in [5.74, 6) is 1.61. The maximum Gasteiger partial charge on any atom is 0.225 e. The van der Waals surface area contributed by atoms with E-state index in [1.54, 1.807) is 17.7 Å². The largest absolute Gasteiger partial charge is 0.356 e. The van der Waals surface area contributed by atoms with Crippen LogP contribution in [0, 0.1) is 12.8 Å². The summed E-state index contributed by atoms with van der Waals surface area (Å²) in [5.41, 5.74) is 0. The zero-order chi connectivity index (χ0) is 16.5. The fourth-order valence-electron chi connectivity index (χ4n) is 3.93. The topological polar surface area (TPSA) is 49.3 Å². The first-order valence-electron chi connectivity index (χ1n) is 8.97. The molecule has 2 aliphatic heterocycles. The van der Waals surface area contributed by atoms with E-state index in [0.29, 0.717) is 5.91 Å². The summed E-state index contributed by atoms with van der Waals surface area (Å²) in [5, 5.41) is 1.15. The molecular formula is C18H24N4OS. The van der Waals surface area contributed by atoms with Gasteiger partial charge in [0.1, 0.15) is 17.0 Å². The molecule has 128 valence electrons. The average molecular weight is 344 g/mol. The third kappa shape index (κ3) is 2.99. The molecule has 0 bridgehead atoms.